The van der Waals surface area contributed by atoms with Gasteiger partial charge in [0.05, 0.1) is 6.20 Å². The maximum atomic E-state index is 12.6. The van der Waals surface area contributed by atoms with Crippen LogP contribution in [-0.2, 0) is 21.4 Å². The molecule has 21 heavy (non-hydrogen) atoms. The Balaban J connectivity index is 2.92. The van der Waals surface area contributed by atoms with E-state index in [2.05, 4.69) is 5.10 Å². The van der Waals surface area contributed by atoms with Crippen LogP contribution in [0, 0.1) is 0 Å². The Morgan fingerprint density at radius 1 is 1.29 bits per heavy atom. The van der Waals surface area contributed by atoms with Gasteiger partial charge in [0.15, 0.2) is 0 Å². The second-order valence-electron chi connectivity index (χ2n) is 4.88. The van der Waals surface area contributed by atoms with Crippen LogP contribution in [0.4, 0.5) is 0 Å². The number of rotatable bonds is 10. The van der Waals surface area contributed by atoms with Crippen LogP contribution in [0.3, 0.4) is 0 Å². The van der Waals surface area contributed by atoms with Crippen molar-refractivity contribution >= 4 is 16.0 Å². The molecule has 7 nitrogen and oxygen atoms in total. The highest BCUT2D eigenvalue weighted by molar-refractivity contribution is 7.89. The fourth-order valence-corrected chi connectivity index (χ4v) is 3.35. The highest BCUT2D eigenvalue weighted by Gasteiger charge is 2.25. The van der Waals surface area contributed by atoms with Crippen LogP contribution in [0.25, 0.3) is 0 Å². The molecule has 0 aliphatic heterocycles. The predicted molar refractivity (Wildman–Crippen MR) is 78.4 cm³/mol. The highest BCUT2D eigenvalue weighted by atomic mass is 32.2. The average Bonchev–Trinajstić information content (AvgIpc) is 2.87. The molecule has 0 amide bonds. The molecule has 1 aromatic heterocycles. The number of hydrogen-bond donors (Lipinski definition) is 1. The zero-order valence-corrected chi connectivity index (χ0v) is 13.3. The normalized spacial score (nSPS) is 12.0. The zero-order valence-electron chi connectivity index (χ0n) is 12.5. The summed E-state index contributed by atoms with van der Waals surface area (Å²) in [6.45, 7) is 4.62. The molecule has 1 heterocycles. The van der Waals surface area contributed by atoms with Crippen LogP contribution in [0.2, 0.25) is 0 Å². The molecule has 0 aliphatic carbocycles. The molecular weight excluding hydrogens is 294 g/mol. The van der Waals surface area contributed by atoms with Crippen LogP contribution >= 0.6 is 0 Å². The molecule has 0 unspecified atom stereocenters. The minimum Gasteiger partial charge on any atom is -0.480 e. The third-order valence-corrected chi connectivity index (χ3v) is 4.92. The van der Waals surface area contributed by atoms with Crippen molar-refractivity contribution in [2.24, 2.45) is 0 Å². The van der Waals surface area contributed by atoms with Gasteiger partial charge < -0.3 is 5.11 Å². The summed E-state index contributed by atoms with van der Waals surface area (Å²) in [7, 11) is -3.60. The van der Waals surface area contributed by atoms with Crippen LogP contribution in [-0.4, -0.2) is 46.7 Å². The highest BCUT2D eigenvalue weighted by Crippen LogP contribution is 2.16. The molecule has 8 heteroatoms. The second-order valence-corrected chi connectivity index (χ2v) is 6.82. The Bertz CT molecular complexity index is 546. The predicted octanol–water partition coefficient (Wildman–Crippen LogP) is 1.56. The molecule has 1 N–H and O–H groups in total. The molecular formula is C13H23N3O4S. The summed E-state index contributed by atoms with van der Waals surface area (Å²) in [5.74, 6) is -1.06. The summed E-state index contributed by atoms with van der Waals surface area (Å²) < 4.78 is 27.7. The summed E-state index contributed by atoms with van der Waals surface area (Å²) in [5.41, 5.74) is 0. The van der Waals surface area contributed by atoms with Gasteiger partial charge in [-0.05, 0) is 12.8 Å². The van der Waals surface area contributed by atoms with Crippen molar-refractivity contribution in [3.05, 3.63) is 12.4 Å². The fraction of sp³-hybridized carbons (Fsp3) is 0.692. The Hall–Kier alpha value is -1.41. The fourth-order valence-electron chi connectivity index (χ4n) is 1.87. The lowest BCUT2D eigenvalue weighted by atomic mass is 10.3. The molecule has 0 radical (unpaired) electrons. The molecule has 0 spiro atoms. The van der Waals surface area contributed by atoms with E-state index in [4.69, 9.17) is 5.11 Å². The number of carboxylic acid groups (broad SMARTS) is 1. The zero-order chi connectivity index (χ0) is 15.9. The maximum absolute atomic E-state index is 12.6. The number of nitrogens with zero attached hydrogens (tertiary/aromatic N) is 3. The number of aliphatic carboxylic acids is 1. The Morgan fingerprint density at radius 3 is 2.33 bits per heavy atom. The number of hydrogen-bond acceptors (Lipinski definition) is 4. The standard InChI is InChI=1S/C13H23N3O4S/c1-3-5-7-16(8-6-4-2)21(19,20)12-9-14-15(10-12)11-13(17)18/h9-10H,3-8,11H2,1-2H3,(H,17,18). The Labute approximate surface area is 125 Å². The van der Waals surface area contributed by atoms with Gasteiger partial charge in [0.25, 0.3) is 0 Å². The van der Waals surface area contributed by atoms with Gasteiger partial charge in [-0.3, -0.25) is 9.48 Å². The molecule has 0 aliphatic rings. The minimum atomic E-state index is -3.60. The van der Waals surface area contributed by atoms with E-state index in [1.165, 1.54) is 16.7 Å². The monoisotopic (exact) mass is 317 g/mol. The SMILES string of the molecule is CCCCN(CCCC)S(=O)(=O)c1cnn(CC(=O)O)c1. The van der Waals surface area contributed by atoms with E-state index < -0.39 is 16.0 Å². The van der Waals surface area contributed by atoms with Crippen LogP contribution in [0.5, 0.6) is 0 Å². The van der Waals surface area contributed by atoms with Crippen LogP contribution < -0.4 is 0 Å². The van der Waals surface area contributed by atoms with Crippen molar-refractivity contribution in [1.82, 2.24) is 14.1 Å². The van der Waals surface area contributed by atoms with Crippen molar-refractivity contribution in [3.63, 3.8) is 0 Å². The van der Waals surface area contributed by atoms with Crippen molar-refractivity contribution in [1.29, 1.82) is 0 Å². The van der Waals surface area contributed by atoms with Crippen molar-refractivity contribution in [3.8, 4) is 0 Å². The van der Waals surface area contributed by atoms with E-state index in [-0.39, 0.29) is 11.4 Å². The van der Waals surface area contributed by atoms with E-state index >= 15 is 0 Å². The van der Waals surface area contributed by atoms with Gasteiger partial charge in [-0.25, -0.2) is 8.42 Å². The number of carboxylic acids is 1. The van der Waals surface area contributed by atoms with Gasteiger partial charge in [-0.2, -0.15) is 9.40 Å². The van der Waals surface area contributed by atoms with Gasteiger partial charge in [0, 0.05) is 19.3 Å². The lowest BCUT2D eigenvalue weighted by molar-refractivity contribution is -0.137. The van der Waals surface area contributed by atoms with E-state index in [0.29, 0.717) is 13.1 Å². The summed E-state index contributed by atoms with van der Waals surface area (Å²) >= 11 is 0. The molecule has 1 aromatic rings. The second kappa shape index (κ2) is 8.14. The largest absolute Gasteiger partial charge is 0.480 e. The minimum absolute atomic E-state index is 0.0518. The van der Waals surface area contributed by atoms with Gasteiger partial charge >= 0.3 is 5.97 Å². The van der Waals surface area contributed by atoms with Crippen LogP contribution in [0.15, 0.2) is 17.3 Å². The first kappa shape index (κ1) is 17.6. The van der Waals surface area contributed by atoms with Gasteiger partial charge in [-0.1, -0.05) is 26.7 Å². The lowest BCUT2D eigenvalue weighted by Gasteiger charge is -2.20. The quantitative estimate of drug-likeness (QED) is 0.707. The summed E-state index contributed by atoms with van der Waals surface area (Å²) in [4.78, 5) is 10.7. The number of sulfonamides is 1. The van der Waals surface area contributed by atoms with Gasteiger partial charge in [0.2, 0.25) is 10.0 Å². The summed E-state index contributed by atoms with van der Waals surface area (Å²) in [6, 6.07) is 0. The number of unbranched alkanes of at least 4 members (excludes halogenated alkanes) is 2. The van der Waals surface area contributed by atoms with Gasteiger partial charge in [-0.15, -0.1) is 0 Å². The topological polar surface area (TPSA) is 92.5 Å². The van der Waals surface area contributed by atoms with Crippen LogP contribution in [0.1, 0.15) is 39.5 Å². The van der Waals surface area contributed by atoms with Crippen molar-refractivity contribution in [2.75, 3.05) is 13.1 Å². The third kappa shape index (κ3) is 5.13. The summed E-state index contributed by atoms with van der Waals surface area (Å²) in [6.07, 6.45) is 5.91. The Kier molecular flexibility index (Phi) is 6.83. The van der Waals surface area contributed by atoms with E-state index in [1.807, 2.05) is 13.8 Å². The van der Waals surface area contributed by atoms with Crippen molar-refractivity contribution in [2.45, 2.75) is 51.0 Å². The molecule has 1 rings (SSSR count). The molecule has 0 aromatic carbocycles. The third-order valence-electron chi connectivity index (χ3n) is 3.07. The van der Waals surface area contributed by atoms with Gasteiger partial charge in [0.1, 0.15) is 11.4 Å². The number of carbonyl (C=O) groups is 1. The smallest absolute Gasteiger partial charge is 0.325 e. The molecule has 0 saturated carbocycles. The molecule has 120 valence electrons. The van der Waals surface area contributed by atoms with E-state index in [1.54, 1.807) is 0 Å². The first-order valence-corrected chi connectivity index (χ1v) is 8.60. The summed E-state index contributed by atoms with van der Waals surface area (Å²) in [5, 5.41) is 12.5. The molecule has 0 saturated heterocycles. The molecule has 0 bridgehead atoms. The maximum Gasteiger partial charge on any atom is 0.325 e. The number of aromatic nitrogens is 2. The van der Waals surface area contributed by atoms with Crippen molar-refractivity contribution < 1.29 is 18.3 Å². The van der Waals surface area contributed by atoms with E-state index in [0.717, 1.165) is 30.4 Å². The first-order chi connectivity index (χ1) is 9.91. The average molecular weight is 317 g/mol. The molecule has 0 fully saturated rings. The van der Waals surface area contributed by atoms with E-state index in [9.17, 15) is 13.2 Å². The molecule has 0 atom stereocenters. The first-order valence-electron chi connectivity index (χ1n) is 7.16. The lowest BCUT2D eigenvalue weighted by Crippen LogP contribution is -2.32. The Morgan fingerprint density at radius 2 is 1.86 bits per heavy atom.